The van der Waals surface area contributed by atoms with Gasteiger partial charge in [-0.15, -0.1) is 0 Å². The zero-order valence-electron chi connectivity index (χ0n) is 17.3. The van der Waals surface area contributed by atoms with Crippen LogP contribution in [-0.2, 0) is 14.3 Å². The molecule has 1 saturated heterocycles. The summed E-state index contributed by atoms with van der Waals surface area (Å²) < 4.78 is 5.16. The summed E-state index contributed by atoms with van der Waals surface area (Å²) in [5.41, 5.74) is 1.65. The number of rotatable bonds is 8. The van der Waals surface area contributed by atoms with Crippen molar-refractivity contribution in [2.75, 3.05) is 59.6 Å². The van der Waals surface area contributed by atoms with Gasteiger partial charge in [-0.3, -0.25) is 19.4 Å². The van der Waals surface area contributed by atoms with E-state index in [0.717, 1.165) is 31.7 Å². The van der Waals surface area contributed by atoms with E-state index in [2.05, 4.69) is 9.80 Å². The summed E-state index contributed by atoms with van der Waals surface area (Å²) in [6, 6.07) is 9.53. The molecule has 2 heterocycles. The maximum atomic E-state index is 13.4. The molecule has 2 aliphatic heterocycles. The molecule has 1 fully saturated rings. The third kappa shape index (κ3) is 4.93. The Balaban J connectivity index is 1.90. The fraction of sp³-hybridized carbons (Fsp3) is 0.545. The highest BCUT2D eigenvalue weighted by atomic mass is 16.5. The maximum absolute atomic E-state index is 13.4. The van der Waals surface area contributed by atoms with Gasteiger partial charge < -0.3 is 14.7 Å². The Hall–Kier alpha value is -2.06. The Labute approximate surface area is 172 Å². The van der Waals surface area contributed by atoms with E-state index in [4.69, 9.17) is 4.74 Å². The Morgan fingerprint density at radius 3 is 2.41 bits per heavy atom. The van der Waals surface area contributed by atoms with Gasteiger partial charge in [0.05, 0.1) is 19.3 Å². The lowest BCUT2D eigenvalue weighted by atomic mass is 9.84. The molecule has 0 bridgehead atoms. The van der Waals surface area contributed by atoms with Crippen molar-refractivity contribution in [3.05, 3.63) is 47.7 Å². The Morgan fingerprint density at radius 2 is 1.79 bits per heavy atom. The summed E-state index contributed by atoms with van der Waals surface area (Å²) in [6.45, 7) is 6.56. The van der Waals surface area contributed by atoms with Crippen molar-refractivity contribution in [2.24, 2.45) is 5.92 Å². The lowest BCUT2D eigenvalue weighted by Gasteiger charge is -2.43. The molecule has 1 N–H and O–H groups in total. The van der Waals surface area contributed by atoms with Gasteiger partial charge in [-0.25, -0.2) is 0 Å². The topological polar surface area (TPSA) is 73.3 Å². The predicted octanol–water partition coefficient (Wildman–Crippen LogP) is 0.915. The SMILES string of the molecule is COCCN1C(=O)C(C(c2ccccc2)N2CCN(CCO)CC2)C(=O)C=C1C. The first-order valence-electron chi connectivity index (χ1n) is 10.2. The third-order valence-corrected chi connectivity index (χ3v) is 5.81. The van der Waals surface area contributed by atoms with E-state index in [0.29, 0.717) is 25.4 Å². The van der Waals surface area contributed by atoms with Gasteiger partial charge in [0.1, 0.15) is 5.92 Å². The van der Waals surface area contributed by atoms with E-state index >= 15 is 0 Å². The number of nitrogens with zero attached hydrogens (tertiary/aromatic N) is 3. The number of ketones is 1. The minimum Gasteiger partial charge on any atom is -0.395 e. The fourth-order valence-corrected chi connectivity index (χ4v) is 4.27. The molecule has 7 heteroatoms. The standard InChI is InChI=1S/C22H31N3O4/c1-17-16-19(27)20(22(28)25(17)13-15-29-2)21(18-6-4-3-5-7-18)24-10-8-23(9-11-24)12-14-26/h3-7,16,20-21,26H,8-15H2,1-2H3. The minimum absolute atomic E-state index is 0.132. The van der Waals surface area contributed by atoms with Crippen molar-refractivity contribution >= 4 is 11.7 Å². The third-order valence-electron chi connectivity index (χ3n) is 5.81. The molecule has 1 aromatic rings. The highest BCUT2D eigenvalue weighted by Crippen LogP contribution is 2.35. The second-order valence-corrected chi connectivity index (χ2v) is 7.61. The van der Waals surface area contributed by atoms with Crippen LogP contribution >= 0.6 is 0 Å². The van der Waals surface area contributed by atoms with Gasteiger partial charge in [0.15, 0.2) is 5.78 Å². The lowest BCUT2D eigenvalue weighted by Crippen LogP contribution is -2.54. The Bertz CT molecular complexity index is 729. The molecule has 1 aromatic carbocycles. The Morgan fingerprint density at radius 1 is 1.10 bits per heavy atom. The van der Waals surface area contributed by atoms with E-state index in [1.54, 1.807) is 25.0 Å². The van der Waals surface area contributed by atoms with Crippen LogP contribution < -0.4 is 0 Å². The maximum Gasteiger partial charge on any atom is 0.239 e. The van der Waals surface area contributed by atoms with Gasteiger partial charge in [-0.05, 0) is 12.5 Å². The number of ether oxygens (including phenoxy) is 1. The summed E-state index contributed by atoms with van der Waals surface area (Å²) in [5.74, 6) is -1.05. The lowest BCUT2D eigenvalue weighted by molar-refractivity contribution is -0.144. The summed E-state index contributed by atoms with van der Waals surface area (Å²) in [7, 11) is 1.61. The van der Waals surface area contributed by atoms with Gasteiger partial charge in [0.25, 0.3) is 0 Å². The molecule has 0 aromatic heterocycles. The normalized spacial score (nSPS) is 22.7. The molecule has 158 valence electrons. The zero-order valence-corrected chi connectivity index (χ0v) is 17.3. The molecule has 0 aliphatic carbocycles. The van der Waals surface area contributed by atoms with Crippen molar-refractivity contribution in [3.63, 3.8) is 0 Å². The second-order valence-electron chi connectivity index (χ2n) is 7.61. The van der Waals surface area contributed by atoms with Gasteiger partial charge in [0, 0.05) is 58.2 Å². The van der Waals surface area contributed by atoms with Gasteiger partial charge in [0.2, 0.25) is 5.91 Å². The Kier molecular flexibility index (Phi) is 7.55. The van der Waals surface area contributed by atoms with Crippen LogP contribution in [0.1, 0.15) is 18.5 Å². The molecule has 0 radical (unpaired) electrons. The number of β-amino-alcohol motifs (C(OH)–C–C–N with tert-alkyl or cyclic N) is 1. The number of aliphatic hydroxyl groups excluding tert-OH is 1. The number of methoxy groups -OCH3 is 1. The highest BCUT2D eigenvalue weighted by Gasteiger charge is 2.43. The van der Waals surface area contributed by atoms with E-state index in [9.17, 15) is 14.7 Å². The largest absolute Gasteiger partial charge is 0.395 e. The van der Waals surface area contributed by atoms with Crippen LogP contribution in [0.3, 0.4) is 0 Å². The summed E-state index contributed by atoms with van der Waals surface area (Å²) in [4.78, 5) is 32.6. The number of hydrogen-bond acceptors (Lipinski definition) is 6. The van der Waals surface area contributed by atoms with Crippen molar-refractivity contribution in [1.29, 1.82) is 0 Å². The molecular formula is C22H31N3O4. The first-order chi connectivity index (χ1) is 14.1. The van der Waals surface area contributed by atoms with Gasteiger partial charge in [-0.1, -0.05) is 30.3 Å². The van der Waals surface area contributed by atoms with Crippen LogP contribution in [0.15, 0.2) is 42.1 Å². The first-order valence-corrected chi connectivity index (χ1v) is 10.2. The van der Waals surface area contributed by atoms with Crippen molar-refractivity contribution in [2.45, 2.75) is 13.0 Å². The number of carbonyl (C=O) groups is 2. The van der Waals surface area contributed by atoms with E-state index in [1.807, 2.05) is 30.3 Å². The van der Waals surface area contributed by atoms with Crippen molar-refractivity contribution in [1.82, 2.24) is 14.7 Å². The first kappa shape index (κ1) is 21.6. The number of amides is 1. The molecule has 2 unspecified atom stereocenters. The van der Waals surface area contributed by atoms with E-state index < -0.39 is 5.92 Å². The second kappa shape index (κ2) is 10.1. The van der Waals surface area contributed by atoms with E-state index in [-0.39, 0.29) is 24.3 Å². The molecule has 0 spiro atoms. The van der Waals surface area contributed by atoms with Crippen LogP contribution in [0, 0.1) is 5.92 Å². The predicted molar refractivity (Wildman–Crippen MR) is 110 cm³/mol. The molecular weight excluding hydrogens is 370 g/mol. The van der Waals surface area contributed by atoms with Crippen molar-refractivity contribution < 1.29 is 19.4 Å². The zero-order chi connectivity index (χ0) is 20.8. The van der Waals surface area contributed by atoms with Crippen LogP contribution in [0.4, 0.5) is 0 Å². The fourth-order valence-electron chi connectivity index (χ4n) is 4.27. The number of piperazine rings is 1. The molecule has 3 rings (SSSR count). The molecule has 2 atom stereocenters. The summed E-state index contributed by atoms with van der Waals surface area (Å²) in [5, 5.41) is 9.20. The number of benzene rings is 1. The number of allylic oxidation sites excluding steroid dienone is 2. The molecule has 7 nitrogen and oxygen atoms in total. The van der Waals surface area contributed by atoms with Crippen LogP contribution in [0.2, 0.25) is 0 Å². The van der Waals surface area contributed by atoms with Crippen LogP contribution in [-0.4, -0.2) is 91.1 Å². The number of carbonyl (C=O) groups excluding carboxylic acids is 2. The summed E-state index contributed by atoms with van der Waals surface area (Å²) in [6.07, 6.45) is 1.60. The van der Waals surface area contributed by atoms with E-state index in [1.165, 1.54) is 0 Å². The molecule has 29 heavy (non-hydrogen) atoms. The number of hydrogen-bond donors (Lipinski definition) is 1. The van der Waals surface area contributed by atoms with Gasteiger partial charge in [-0.2, -0.15) is 0 Å². The highest BCUT2D eigenvalue weighted by molar-refractivity contribution is 6.10. The number of aliphatic hydroxyl groups is 1. The average Bonchev–Trinajstić information content (AvgIpc) is 2.72. The monoisotopic (exact) mass is 401 g/mol. The quantitative estimate of drug-likeness (QED) is 0.653. The molecule has 2 aliphatic rings. The average molecular weight is 402 g/mol. The van der Waals surface area contributed by atoms with Crippen LogP contribution in [0.25, 0.3) is 0 Å². The van der Waals surface area contributed by atoms with Gasteiger partial charge >= 0.3 is 0 Å². The van der Waals surface area contributed by atoms with Crippen LogP contribution in [0.5, 0.6) is 0 Å². The summed E-state index contributed by atoms with van der Waals surface area (Å²) >= 11 is 0. The molecule has 0 saturated carbocycles. The smallest absolute Gasteiger partial charge is 0.239 e. The molecule has 1 amide bonds. The van der Waals surface area contributed by atoms with Crippen molar-refractivity contribution in [3.8, 4) is 0 Å². The minimum atomic E-state index is -0.762.